The van der Waals surface area contributed by atoms with E-state index < -0.39 is 0 Å². The first kappa shape index (κ1) is 11.5. The van der Waals surface area contributed by atoms with Crippen molar-refractivity contribution in [3.8, 4) is 5.75 Å². The van der Waals surface area contributed by atoms with Crippen LogP contribution in [0.15, 0.2) is 10.5 Å². The van der Waals surface area contributed by atoms with E-state index in [1.807, 2.05) is 0 Å². The summed E-state index contributed by atoms with van der Waals surface area (Å²) in [5, 5.41) is 0. The number of benzene rings is 1. The summed E-state index contributed by atoms with van der Waals surface area (Å²) < 4.78 is 6.73. The van der Waals surface area contributed by atoms with E-state index in [0.29, 0.717) is 0 Å². The van der Waals surface area contributed by atoms with E-state index in [2.05, 4.69) is 22.0 Å². The maximum atomic E-state index is 6.23. The van der Waals surface area contributed by atoms with Gasteiger partial charge in [0, 0.05) is 5.54 Å². The molecule has 0 aliphatic heterocycles. The molecule has 1 aromatic rings. The summed E-state index contributed by atoms with van der Waals surface area (Å²) in [6.07, 6.45) is 6.86. The van der Waals surface area contributed by atoms with Gasteiger partial charge < -0.3 is 10.5 Å². The van der Waals surface area contributed by atoms with Gasteiger partial charge in [0.15, 0.2) is 0 Å². The Labute approximate surface area is 111 Å². The molecular formula is C14H18BrNO. The van der Waals surface area contributed by atoms with Crippen LogP contribution in [-0.2, 0) is 19.3 Å². The van der Waals surface area contributed by atoms with Crippen molar-refractivity contribution in [2.24, 2.45) is 5.73 Å². The number of halogens is 1. The van der Waals surface area contributed by atoms with E-state index in [-0.39, 0.29) is 5.54 Å². The Morgan fingerprint density at radius 3 is 2.82 bits per heavy atom. The smallest absolute Gasteiger partial charge is 0.136 e. The maximum Gasteiger partial charge on any atom is 0.136 e. The summed E-state index contributed by atoms with van der Waals surface area (Å²) in [5.74, 6) is 1.00. The molecule has 1 saturated carbocycles. The van der Waals surface area contributed by atoms with Crippen molar-refractivity contribution in [1.29, 1.82) is 0 Å². The van der Waals surface area contributed by atoms with Crippen LogP contribution in [0.25, 0.3) is 0 Å². The van der Waals surface area contributed by atoms with Gasteiger partial charge in [0.05, 0.1) is 11.6 Å². The van der Waals surface area contributed by atoms with E-state index >= 15 is 0 Å². The number of hydrogen-bond acceptors (Lipinski definition) is 2. The molecule has 0 unspecified atom stereocenters. The fourth-order valence-corrected chi connectivity index (χ4v) is 3.67. The monoisotopic (exact) mass is 295 g/mol. The number of rotatable bonds is 3. The second-order valence-electron chi connectivity index (χ2n) is 5.41. The Morgan fingerprint density at radius 2 is 2.18 bits per heavy atom. The standard InChI is InChI=1S/C14H18BrNO/c1-17-13-10(8-14(16)5-6-14)7-9-3-2-4-11(9)12(13)15/h7H,2-6,8,16H2,1H3. The van der Waals surface area contributed by atoms with Crippen molar-refractivity contribution in [1.82, 2.24) is 0 Å². The van der Waals surface area contributed by atoms with Crippen LogP contribution in [0.1, 0.15) is 36.0 Å². The molecule has 3 heteroatoms. The van der Waals surface area contributed by atoms with Gasteiger partial charge in [-0.3, -0.25) is 0 Å². The molecule has 0 radical (unpaired) electrons. The highest BCUT2D eigenvalue weighted by Gasteiger charge is 2.39. The van der Waals surface area contributed by atoms with Gasteiger partial charge in [0.2, 0.25) is 0 Å². The van der Waals surface area contributed by atoms with Crippen molar-refractivity contribution >= 4 is 15.9 Å². The number of nitrogens with two attached hydrogens (primary N) is 1. The second kappa shape index (κ2) is 3.99. The van der Waals surface area contributed by atoms with Crippen LogP contribution in [0.3, 0.4) is 0 Å². The number of fused-ring (bicyclic) bond motifs is 1. The molecule has 0 heterocycles. The summed E-state index contributed by atoms with van der Waals surface area (Å²) in [6.45, 7) is 0. The molecule has 0 spiro atoms. The molecule has 0 amide bonds. The first-order valence-electron chi connectivity index (χ1n) is 6.29. The zero-order chi connectivity index (χ0) is 12.0. The molecule has 2 aliphatic rings. The molecule has 2 N–H and O–H groups in total. The summed E-state index contributed by atoms with van der Waals surface area (Å²) in [4.78, 5) is 0. The Balaban J connectivity index is 2.04. The minimum atomic E-state index is 0.0412. The zero-order valence-electron chi connectivity index (χ0n) is 10.2. The predicted molar refractivity (Wildman–Crippen MR) is 72.6 cm³/mol. The zero-order valence-corrected chi connectivity index (χ0v) is 11.8. The molecule has 2 nitrogen and oxygen atoms in total. The van der Waals surface area contributed by atoms with E-state index in [1.165, 1.54) is 36.0 Å². The second-order valence-corrected chi connectivity index (χ2v) is 6.21. The highest BCUT2D eigenvalue weighted by atomic mass is 79.9. The number of aryl methyl sites for hydroxylation is 1. The number of ether oxygens (including phenoxy) is 1. The number of methoxy groups -OCH3 is 1. The Bertz CT molecular complexity index is 466. The average Bonchev–Trinajstić information content (AvgIpc) is 2.83. The van der Waals surface area contributed by atoms with Gasteiger partial charge in [0.25, 0.3) is 0 Å². The Hall–Kier alpha value is -0.540. The van der Waals surface area contributed by atoms with Gasteiger partial charge in [-0.25, -0.2) is 0 Å². The third-order valence-electron chi connectivity index (χ3n) is 4.00. The molecule has 3 rings (SSSR count). The van der Waals surface area contributed by atoms with Crippen molar-refractivity contribution in [2.75, 3.05) is 7.11 Å². The van der Waals surface area contributed by atoms with Crippen molar-refractivity contribution < 1.29 is 4.74 Å². The third-order valence-corrected chi connectivity index (χ3v) is 4.84. The molecule has 1 fully saturated rings. The first-order chi connectivity index (χ1) is 8.13. The largest absolute Gasteiger partial charge is 0.495 e. The fraction of sp³-hybridized carbons (Fsp3) is 0.571. The van der Waals surface area contributed by atoms with Gasteiger partial charge >= 0.3 is 0 Å². The van der Waals surface area contributed by atoms with Gasteiger partial charge in [0.1, 0.15) is 5.75 Å². The lowest BCUT2D eigenvalue weighted by Crippen LogP contribution is -2.25. The highest BCUT2D eigenvalue weighted by molar-refractivity contribution is 9.10. The van der Waals surface area contributed by atoms with E-state index in [4.69, 9.17) is 10.5 Å². The van der Waals surface area contributed by atoms with Gasteiger partial charge in [-0.1, -0.05) is 6.07 Å². The molecule has 0 atom stereocenters. The van der Waals surface area contributed by atoms with Crippen LogP contribution in [-0.4, -0.2) is 12.6 Å². The highest BCUT2D eigenvalue weighted by Crippen LogP contribution is 2.43. The van der Waals surface area contributed by atoms with Crippen molar-refractivity contribution in [2.45, 2.75) is 44.1 Å². The molecule has 92 valence electrons. The summed E-state index contributed by atoms with van der Waals surface area (Å²) in [6, 6.07) is 2.32. The fourth-order valence-electron chi connectivity index (χ4n) is 2.80. The van der Waals surface area contributed by atoms with Crippen LogP contribution < -0.4 is 10.5 Å². The molecular weight excluding hydrogens is 278 g/mol. The molecule has 17 heavy (non-hydrogen) atoms. The summed E-state index contributed by atoms with van der Waals surface area (Å²) >= 11 is 3.71. The quantitative estimate of drug-likeness (QED) is 0.930. The number of hydrogen-bond donors (Lipinski definition) is 1. The Morgan fingerprint density at radius 1 is 1.41 bits per heavy atom. The molecule has 0 aromatic heterocycles. The van der Waals surface area contributed by atoms with Crippen molar-refractivity contribution in [3.05, 3.63) is 27.2 Å². The topological polar surface area (TPSA) is 35.2 Å². The van der Waals surface area contributed by atoms with Crippen LogP contribution in [0, 0.1) is 0 Å². The summed E-state index contributed by atoms with van der Waals surface area (Å²) in [7, 11) is 1.75. The minimum absolute atomic E-state index is 0.0412. The van der Waals surface area contributed by atoms with E-state index in [1.54, 1.807) is 7.11 Å². The lowest BCUT2D eigenvalue weighted by Gasteiger charge is -2.17. The van der Waals surface area contributed by atoms with Crippen LogP contribution in [0.2, 0.25) is 0 Å². The predicted octanol–water partition coefficient (Wildman–Crippen LogP) is 2.98. The van der Waals surface area contributed by atoms with Gasteiger partial charge in [-0.2, -0.15) is 0 Å². The lowest BCUT2D eigenvalue weighted by molar-refractivity contribution is 0.404. The van der Waals surface area contributed by atoms with E-state index in [9.17, 15) is 0 Å². The van der Waals surface area contributed by atoms with Crippen LogP contribution in [0.4, 0.5) is 0 Å². The van der Waals surface area contributed by atoms with Gasteiger partial charge in [-0.05, 0) is 71.1 Å². The molecule has 0 bridgehead atoms. The minimum Gasteiger partial charge on any atom is -0.495 e. The SMILES string of the molecule is COc1c(CC2(N)CC2)cc2c(c1Br)CCC2. The average molecular weight is 296 g/mol. The lowest BCUT2D eigenvalue weighted by atomic mass is 9.99. The van der Waals surface area contributed by atoms with Gasteiger partial charge in [-0.15, -0.1) is 0 Å². The summed E-state index contributed by atoms with van der Waals surface area (Å²) in [5.41, 5.74) is 10.5. The maximum absolute atomic E-state index is 6.23. The normalized spacial score (nSPS) is 20.2. The van der Waals surface area contributed by atoms with Crippen LogP contribution in [0.5, 0.6) is 5.75 Å². The van der Waals surface area contributed by atoms with E-state index in [0.717, 1.165) is 29.5 Å². The molecule has 1 aromatic carbocycles. The molecule has 0 saturated heterocycles. The molecule has 2 aliphatic carbocycles. The Kier molecular flexibility index (Phi) is 2.71. The third kappa shape index (κ3) is 2.00. The van der Waals surface area contributed by atoms with Crippen molar-refractivity contribution in [3.63, 3.8) is 0 Å². The first-order valence-corrected chi connectivity index (χ1v) is 7.08. The van der Waals surface area contributed by atoms with Crippen LogP contribution >= 0.6 is 15.9 Å².